The van der Waals surface area contributed by atoms with Crippen molar-refractivity contribution in [3.05, 3.63) is 97.4 Å². The average Bonchev–Trinajstić information content (AvgIpc) is 3.25. The quantitative estimate of drug-likeness (QED) is 0.133. The Morgan fingerprint density at radius 3 is 2.60 bits per heavy atom. The minimum Gasteiger partial charge on any atom is -0.493 e. The van der Waals surface area contributed by atoms with Crippen LogP contribution in [-0.4, -0.2) is 48.8 Å². The summed E-state index contributed by atoms with van der Waals surface area (Å²) in [5.41, 5.74) is 2.12. The Labute approximate surface area is 271 Å². The Morgan fingerprint density at radius 1 is 1.02 bits per heavy atom. The van der Waals surface area contributed by atoms with Gasteiger partial charge in [-0.2, -0.15) is 0 Å². The van der Waals surface area contributed by atoms with Gasteiger partial charge in [0.05, 0.1) is 22.1 Å². The Hall–Kier alpha value is -3.74. The maximum absolute atomic E-state index is 13.1. The SMILES string of the molecule is COc1cc(/C=C2\SC(=O)N(CCOc3cccc4ccccc34)C2=O)cc(I)c1OCC(=O)Nc1ccc(C)c(Cl)c1. The highest BCUT2D eigenvalue weighted by molar-refractivity contribution is 14.1. The van der Waals surface area contributed by atoms with Gasteiger partial charge in [-0.1, -0.05) is 54.1 Å². The number of anilines is 1. The van der Waals surface area contributed by atoms with Crippen LogP contribution in [0.2, 0.25) is 5.02 Å². The second-order valence-electron chi connectivity index (χ2n) is 9.49. The van der Waals surface area contributed by atoms with E-state index in [-0.39, 0.29) is 35.8 Å². The summed E-state index contributed by atoms with van der Waals surface area (Å²) >= 11 is 9.09. The maximum Gasteiger partial charge on any atom is 0.293 e. The van der Waals surface area contributed by atoms with Gasteiger partial charge in [0.25, 0.3) is 17.1 Å². The summed E-state index contributed by atoms with van der Waals surface area (Å²) in [5, 5.41) is 4.96. The van der Waals surface area contributed by atoms with Gasteiger partial charge in [0.15, 0.2) is 18.1 Å². The van der Waals surface area contributed by atoms with Gasteiger partial charge in [-0.15, -0.1) is 0 Å². The van der Waals surface area contributed by atoms with Crippen LogP contribution >= 0.6 is 46.0 Å². The third-order valence-corrected chi connectivity index (χ3v) is 8.66. The number of hydrogen-bond acceptors (Lipinski definition) is 7. The van der Waals surface area contributed by atoms with E-state index in [4.69, 9.17) is 25.8 Å². The van der Waals surface area contributed by atoms with E-state index in [1.54, 1.807) is 30.3 Å². The number of imide groups is 1. The van der Waals surface area contributed by atoms with Crippen LogP contribution in [0.5, 0.6) is 17.2 Å². The molecule has 11 heteroatoms. The van der Waals surface area contributed by atoms with E-state index in [0.29, 0.717) is 37.1 Å². The minimum absolute atomic E-state index is 0.121. The highest BCUT2D eigenvalue weighted by Crippen LogP contribution is 2.37. The van der Waals surface area contributed by atoms with Crippen molar-refractivity contribution in [2.45, 2.75) is 6.92 Å². The van der Waals surface area contributed by atoms with Crippen molar-refractivity contribution in [3.63, 3.8) is 0 Å². The molecule has 0 aromatic heterocycles. The van der Waals surface area contributed by atoms with Gasteiger partial charge in [0.1, 0.15) is 12.4 Å². The molecule has 0 spiro atoms. The number of amides is 3. The zero-order valence-corrected chi connectivity index (χ0v) is 26.9. The van der Waals surface area contributed by atoms with Crippen LogP contribution < -0.4 is 19.5 Å². The number of carbonyl (C=O) groups excluding carboxylic acids is 3. The van der Waals surface area contributed by atoms with Crippen LogP contribution in [0.3, 0.4) is 0 Å². The van der Waals surface area contributed by atoms with Gasteiger partial charge in [0.2, 0.25) is 0 Å². The zero-order valence-electron chi connectivity index (χ0n) is 23.2. The molecular formula is C32H26ClIN2O6S. The Kier molecular flexibility index (Phi) is 9.79. The predicted molar refractivity (Wildman–Crippen MR) is 178 cm³/mol. The van der Waals surface area contributed by atoms with Gasteiger partial charge >= 0.3 is 0 Å². The van der Waals surface area contributed by atoms with Gasteiger partial charge in [0, 0.05) is 16.1 Å². The number of benzene rings is 4. The summed E-state index contributed by atoms with van der Waals surface area (Å²) in [6.07, 6.45) is 1.64. The molecule has 220 valence electrons. The van der Waals surface area contributed by atoms with E-state index in [2.05, 4.69) is 27.9 Å². The molecule has 4 aromatic carbocycles. The van der Waals surface area contributed by atoms with Crippen molar-refractivity contribution < 1.29 is 28.6 Å². The molecule has 1 fully saturated rings. The predicted octanol–water partition coefficient (Wildman–Crippen LogP) is 7.55. The normalized spacial score (nSPS) is 14.0. The molecule has 0 bridgehead atoms. The first kappa shape index (κ1) is 30.7. The number of halogens is 2. The first-order valence-electron chi connectivity index (χ1n) is 13.2. The largest absolute Gasteiger partial charge is 0.493 e. The van der Waals surface area contributed by atoms with E-state index in [9.17, 15) is 14.4 Å². The van der Waals surface area contributed by atoms with E-state index >= 15 is 0 Å². The molecule has 0 atom stereocenters. The summed E-state index contributed by atoms with van der Waals surface area (Å²) in [6, 6.07) is 22.4. The van der Waals surface area contributed by atoms with Crippen molar-refractivity contribution in [2.24, 2.45) is 0 Å². The standard InChI is InChI=1S/C32H26ClIN2O6S/c1-19-10-11-22(17-24(19)33)35-29(37)18-42-30-25(34)14-20(15-27(30)40-2)16-28-31(38)36(32(39)43-28)12-13-41-26-9-5-7-21-6-3-4-8-23(21)26/h3-11,14-17H,12-13,18H2,1-2H3,(H,35,37)/b28-16-. The number of hydrogen-bond donors (Lipinski definition) is 1. The van der Waals surface area contributed by atoms with E-state index in [0.717, 1.165) is 28.1 Å². The van der Waals surface area contributed by atoms with Crippen LogP contribution in [0.25, 0.3) is 16.8 Å². The highest BCUT2D eigenvalue weighted by Gasteiger charge is 2.35. The lowest BCUT2D eigenvalue weighted by atomic mass is 10.1. The maximum atomic E-state index is 13.1. The number of aryl methyl sites for hydroxylation is 1. The highest BCUT2D eigenvalue weighted by atomic mass is 127. The van der Waals surface area contributed by atoms with Crippen molar-refractivity contribution in [2.75, 3.05) is 32.2 Å². The van der Waals surface area contributed by atoms with Gasteiger partial charge in [-0.3, -0.25) is 19.3 Å². The Bertz CT molecular complexity index is 1760. The molecule has 1 aliphatic rings. The molecule has 43 heavy (non-hydrogen) atoms. The fourth-order valence-electron chi connectivity index (χ4n) is 4.38. The fraction of sp³-hybridized carbons (Fsp3) is 0.156. The first-order valence-corrected chi connectivity index (χ1v) is 15.4. The van der Waals surface area contributed by atoms with Crippen molar-refractivity contribution in [1.82, 2.24) is 4.90 Å². The molecule has 4 aromatic rings. The topological polar surface area (TPSA) is 94.2 Å². The molecule has 0 aliphatic carbocycles. The lowest BCUT2D eigenvalue weighted by molar-refractivity contribution is -0.123. The number of fused-ring (bicyclic) bond motifs is 1. The third kappa shape index (κ3) is 7.26. The van der Waals surface area contributed by atoms with Crippen LogP contribution in [0.4, 0.5) is 10.5 Å². The molecular weight excluding hydrogens is 703 g/mol. The molecule has 0 unspecified atom stereocenters. The van der Waals surface area contributed by atoms with Gasteiger partial charge in [-0.05, 0) is 94.2 Å². The van der Waals surface area contributed by atoms with Crippen LogP contribution in [0, 0.1) is 10.5 Å². The Balaban J connectivity index is 1.22. The first-order chi connectivity index (χ1) is 20.7. The van der Waals surface area contributed by atoms with Gasteiger partial charge in [-0.25, -0.2) is 0 Å². The zero-order chi connectivity index (χ0) is 30.5. The summed E-state index contributed by atoms with van der Waals surface area (Å²) in [7, 11) is 1.49. The van der Waals surface area contributed by atoms with Crippen LogP contribution in [-0.2, 0) is 9.59 Å². The monoisotopic (exact) mass is 728 g/mol. The number of nitrogens with one attached hydrogen (secondary N) is 1. The number of nitrogens with zero attached hydrogens (tertiary/aromatic N) is 1. The summed E-state index contributed by atoms with van der Waals surface area (Å²) in [5.74, 6) is 0.711. The number of carbonyl (C=O) groups is 3. The summed E-state index contributed by atoms with van der Waals surface area (Å²) < 4.78 is 17.9. The van der Waals surface area contributed by atoms with Crippen LogP contribution in [0.15, 0.2) is 77.7 Å². The number of rotatable bonds is 10. The molecule has 5 rings (SSSR count). The summed E-state index contributed by atoms with van der Waals surface area (Å²) in [6.45, 7) is 1.91. The third-order valence-electron chi connectivity index (χ3n) is 6.55. The second kappa shape index (κ2) is 13.7. The van der Waals surface area contributed by atoms with E-state index in [1.165, 1.54) is 12.0 Å². The van der Waals surface area contributed by atoms with Crippen molar-refractivity contribution in [1.29, 1.82) is 0 Å². The van der Waals surface area contributed by atoms with E-state index < -0.39 is 5.91 Å². The number of thioether (sulfide) groups is 1. The average molecular weight is 729 g/mol. The van der Waals surface area contributed by atoms with Crippen molar-refractivity contribution >= 4 is 85.5 Å². The molecule has 0 saturated carbocycles. The number of ether oxygens (including phenoxy) is 3. The fourth-order valence-corrected chi connectivity index (χ4v) is 6.21. The van der Waals surface area contributed by atoms with Crippen LogP contribution in [0.1, 0.15) is 11.1 Å². The molecule has 1 N–H and O–H groups in total. The molecule has 0 radical (unpaired) electrons. The second-order valence-corrected chi connectivity index (χ2v) is 12.1. The number of methoxy groups -OCH3 is 1. The molecule has 1 heterocycles. The smallest absolute Gasteiger partial charge is 0.293 e. The Morgan fingerprint density at radius 2 is 1.81 bits per heavy atom. The molecule has 1 aliphatic heterocycles. The lowest BCUT2D eigenvalue weighted by Crippen LogP contribution is -2.32. The van der Waals surface area contributed by atoms with Gasteiger partial charge < -0.3 is 19.5 Å². The molecule has 3 amide bonds. The van der Waals surface area contributed by atoms with E-state index in [1.807, 2.05) is 55.5 Å². The molecule has 8 nitrogen and oxygen atoms in total. The molecule has 1 saturated heterocycles. The van der Waals surface area contributed by atoms with Crippen molar-refractivity contribution in [3.8, 4) is 17.2 Å². The summed E-state index contributed by atoms with van der Waals surface area (Å²) in [4.78, 5) is 39.7. The minimum atomic E-state index is -0.390. The lowest BCUT2D eigenvalue weighted by Gasteiger charge is -2.15.